The number of nitrogen functional groups attached to an aromatic ring is 1. The lowest BCUT2D eigenvalue weighted by atomic mass is 10.2. The molecule has 0 radical (unpaired) electrons. The van der Waals surface area contributed by atoms with Crippen molar-refractivity contribution in [1.82, 2.24) is 5.32 Å². The molecule has 20 heavy (non-hydrogen) atoms. The van der Waals surface area contributed by atoms with Gasteiger partial charge in [-0.25, -0.2) is 0 Å². The first-order valence-corrected chi connectivity index (χ1v) is 6.17. The zero-order valence-corrected chi connectivity index (χ0v) is 11.3. The van der Waals surface area contributed by atoms with Gasteiger partial charge in [0, 0.05) is 37.8 Å². The Kier molecular flexibility index (Phi) is 6.65. The lowest BCUT2D eigenvalue weighted by molar-refractivity contribution is -0.117. The molecular weight excluding hydrogens is 256 g/mol. The minimum Gasteiger partial charge on any atom is -0.399 e. The molecule has 1 aromatic rings. The highest BCUT2D eigenvalue weighted by Crippen LogP contribution is 2.10. The zero-order chi connectivity index (χ0) is 14.8. The van der Waals surface area contributed by atoms with Crippen molar-refractivity contribution < 1.29 is 9.53 Å². The highest BCUT2D eigenvalue weighted by atomic mass is 16.5. The number of methoxy groups -OCH3 is 1. The number of benzene rings is 1. The molecule has 0 aliphatic rings. The summed E-state index contributed by atoms with van der Waals surface area (Å²) in [6.07, 6.45) is 2.07. The predicted octanol–water partition coefficient (Wildman–Crippen LogP) is 1.24. The molecule has 6 heteroatoms. The number of carbonyl (C=O) groups is 1. The van der Waals surface area contributed by atoms with Crippen LogP contribution in [0.1, 0.15) is 6.42 Å². The van der Waals surface area contributed by atoms with Crippen LogP contribution in [0.4, 0.5) is 11.4 Å². The Labute approximate surface area is 118 Å². The normalized spacial score (nSPS) is 10.7. The average Bonchev–Trinajstić information content (AvgIpc) is 2.46. The summed E-state index contributed by atoms with van der Waals surface area (Å²) in [5.74, 6) is -0.411. The lowest BCUT2D eigenvalue weighted by Crippen LogP contribution is -2.26. The van der Waals surface area contributed by atoms with Crippen molar-refractivity contribution in [1.29, 1.82) is 5.26 Å². The molecule has 0 heterocycles. The maximum Gasteiger partial charge on any atom is 0.263 e. The van der Waals surface area contributed by atoms with E-state index in [9.17, 15) is 4.79 Å². The van der Waals surface area contributed by atoms with Crippen LogP contribution in [0.5, 0.6) is 0 Å². The van der Waals surface area contributed by atoms with Crippen molar-refractivity contribution in [2.75, 3.05) is 31.3 Å². The number of hydrogen-bond acceptors (Lipinski definition) is 5. The Morgan fingerprint density at radius 3 is 2.75 bits per heavy atom. The summed E-state index contributed by atoms with van der Waals surface area (Å²) in [7, 11) is 1.60. The van der Waals surface area contributed by atoms with E-state index in [2.05, 4.69) is 10.6 Å². The van der Waals surface area contributed by atoms with E-state index < -0.39 is 5.91 Å². The molecule has 1 amide bonds. The Balaban J connectivity index is 2.52. The summed E-state index contributed by atoms with van der Waals surface area (Å²) in [6.45, 7) is 1.03. The van der Waals surface area contributed by atoms with Gasteiger partial charge in [0.25, 0.3) is 5.91 Å². The van der Waals surface area contributed by atoms with Crippen molar-refractivity contribution in [3.8, 4) is 6.07 Å². The molecule has 0 aliphatic heterocycles. The fourth-order valence-corrected chi connectivity index (χ4v) is 1.40. The Morgan fingerprint density at radius 2 is 2.15 bits per heavy atom. The van der Waals surface area contributed by atoms with E-state index in [4.69, 9.17) is 15.7 Å². The summed E-state index contributed by atoms with van der Waals surface area (Å²) in [5.41, 5.74) is 6.98. The van der Waals surface area contributed by atoms with Crippen LogP contribution < -0.4 is 16.4 Å². The van der Waals surface area contributed by atoms with E-state index in [-0.39, 0.29) is 5.57 Å². The van der Waals surface area contributed by atoms with E-state index in [1.165, 1.54) is 6.20 Å². The summed E-state index contributed by atoms with van der Waals surface area (Å²) in [4.78, 5) is 11.7. The van der Waals surface area contributed by atoms with E-state index in [0.29, 0.717) is 25.3 Å². The molecule has 1 rings (SSSR count). The van der Waals surface area contributed by atoms with Crippen molar-refractivity contribution in [3.05, 3.63) is 36.0 Å². The second kappa shape index (κ2) is 8.56. The molecule has 0 fully saturated rings. The third-order valence-electron chi connectivity index (χ3n) is 2.47. The van der Waals surface area contributed by atoms with Gasteiger partial charge in [-0.3, -0.25) is 4.79 Å². The highest BCUT2D eigenvalue weighted by molar-refractivity contribution is 5.97. The van der Waals surface area contributed by atoms with E-state index in [0.717, 1.165) is 5.69 Å². The van der Waals surface area contributed by atoms with Crippen LogP contribution in [0, 0.1) is 11.3 Å². The van der Waals surface area contributed by atoms with Gasteiger partial charge in [-0.05, 0) is 30.7 Å². The van der Waals surface area contributed by atoms with Crippen LogP contribution >= 0.6 is 0 Å². The Hall–Kier alpha value is -2.52. The van der Waals surface area contributed by atoms with E-state index >= 15 is 0 Å². The molecule has 1 aromatic carbocycles. The van der Waals surface area contributed by atoms with Crippen LogP contribution in [0.3, 0.4) is 0 Å². The lowest BCUT2D eigenvalue weighted by Gasteiger charge is -2.05. The third-order valence-corrected chi connectivity index (χ3v) is 2.47. The SMILES string of the molecule is COCCCNC(=O)/C(C#N)=C\Nc1ccc(N)cc1. The number of nitrogens with two attached hydrogens (primary N) is 1. The monoisotopic (exact) mass is 274 g/mol. The number of nitrogens with zero attached hydrogens (tertiary/aromatic N) is 1. The number of anilines is 2. The maximum atomic E-state index is 11.7. The molecule has 4 N–H and O–H groups in total. The number of nitriles is 1. The third kappa shape index (κ3) is 5.42. The van der Waals surface area contributed by atoms with Gasteiger partial charge in [0.1, 0.15) is 11.6 Å². The van der Waals surface area contributed by atoms with Gasteiger partial charge in [-0.1, -0.05) is 0 Å². The number of hydrogen-bond donors (Lipinski definition) is 3. The molecule has 106 valence electrons. The highest BCUT2D eigenvalue weighted by Gasteiger charge is 2.07. The molecule has 0 atom stereocenters. The van der Waals surface area contributed by atoms with Gasteiger partial charge in [-0.15, -0.1) is 0 Å². The second-order valence-electron chi connectivity index (χ2n) is 4.04. The topological polar surface area (TPSA) is 100 Å². The number of amides is 1. The molecule has 0 unspecified atom stereocenters. The number of rotatable bonds is 7. The number of carbonyl (C=O) groups excluding carboxylic acids is 1. The van der Waals surface area contributed by atoms with Gasteiger partial charge in [0.05, 0.1) is 0 Å². The van der Waals surface area contributed by atoms with Gasteiger partial charge in [0.2, 0.25) is 0 Å². The van der Waals surface area contributed by atoms with Gasteiger partial charge in [0.15, 0.2) is 0 Å². The predicted molar refractivity (Wildman–Crippen MR) is 77.7 cm³/mol. The molecule has 0 bridgehead atoms. The fourth-order valence-electron chi connectivity index (χ4n) is 1.40. The van der Waals surface area contributed by atoms with Crippen LogP contribution in [-0.4, -0.2) is 26.2 Å². The molecule has 6 nitrogen and oxygen atoms in total. The van der Waals surface area contributed by atoms with Crippen LogP contribution in [0.2, 0.25) is 0 Å². The van der Waals surface area contributed by atoms with E-state index in [1.807, 2.05) is 6.07 Å². The first-order chi connectivity index (χ1) is 9.67. The molecule has 0 aliphatic carbocycles. The number of nitrogens with one attached hydrogen (secondary N) is 2. The van der Waals surface area contributed by atoms with Gasteiger partial charge >= 0.3 is 0 Å². The van der Waals surface area contributed by atoms with Crippen molar-refractivity contribution in [2.24, 2.45) is 0 Å². The first kappa shape index (κ1) is 15.5. The fraction of sp³-hybridized carbons (Fsp3) is 0.286. The van der Waals surface area contributed by atoms with Gasteiger partial charge in [-0.2, -0.15) is 5.26 Å². The standard InChI is InChI=1S/C14H18N4O2/c1-20-8-2-7-17-14(19)11(9-15)10-18-13-5-3-12(16)4-6-13/h3-6,10,18H,2,7-8,16H2,1H3,(H,17,19)/b11-10-. The quantitative estimate of drug-likeness (QED) is 0.300. The Bertz CT molecular complexity index is 503. The first-order valence-electron chi connectivity index (χ1n) is 6.17. The maximum absolute atomic E-state index is 11.7. The second-order valence-corrected chi connectivity index (χ2v) is 4.04. The molecule has 0 saturated heterocycles. The zero-order valence-electron chi connectivity index (χ0n) is 11.3. The Morgan fingerprint density at radius 1 is 1.45 bits per heavy atom. The summed E-state index contributed by atoms with van der Waals surface area (Å²) < 4.78 is 4.87. The van der Waals surface area contributed by atoms with Crippen LogP contribution in [0.15, 0.2) is 36.0 Å². The van der Waals surface area contributed by atoms with Crippen molar-refractivity contribution in [3.63, 3.8) is 0 Å². The molecule has 0 aromatic heterocycles. The van der Waals surface area contributed by atoms with Crippen LogP contribution in [-0.2, 0) is 9.53 Å². The largest absolute Gasteiger partial charge is 0.399 e. The molecule has 0 saturated carbocycles. The minimum atomic E-state index is -0.411. The van der Waals surface area contributed by atoms with Crippen LogP contribution in [0.25, 0.3) is 0 Å². The summed E-state index contributed by atoms with van der Waals surface area (Å²) in [6, 6.07) is 8.84. The number of ether oxygens (including phenoxy) is 1. The summed E-state index contributed by atoms with van der Waals surface area (Å²) >= 11 is 0. The van der Waals surface area contributed by atoms with E-state index in [1.54, 1.807) is 31.4 Å². The van der Waals surface area contributed by atoms with Crippen molar-refractivity contribution >= 4 is 17.3 Å². The van der Waals surface area contributed by atoms with Crippen molar-refractivity contribution in [2.45, 2.75) is 6.42 Å². The molecule has 0 spiro atoms. The average molecular weight is 274 g/mol. The smallest absolute Gasteiger partial charge is 0.263 e. The van der Waals surface area contributed by atoms with Gasteiger partial charge < -0.3 is 21.1 Å². The summed E-state index contributed by atoms with van der Waals surface area (Å²) in [5, 5.41) is 14.5. The molecular formula is C14H18N4O2. The minimum absolute atomic E-state index is 0.0132.